The van der Waals surface area contributed by atoms with Crippen LogP contribution in [0, 0.1) is 5.92 Å². The number of aromatic nitrogens is 2. The largest absolute Gasteiger partial charge is 0.341 e. The molecule has 1 aliphatic heterocycles. The second-order valence-corrected chi connectivity index (χ2v) is 5.37. The average Bonchev–Trinajstić information content (AvgIpc) is 2.94. The molecule has 1 saturated carbocycles. The minimum atomic E-state index is 0.129. The molecule has 2 aliphatic rings. The van der Waals surface area contributed by atoms with E-state index in [1.807, 2.05) is 0 Å². The summed E-state index contributed by atoms with van der Waals surface area (Å²) in [5, 5.41) is 0. The SMILES string of the molecule is C[C@@H]1C[C@@H]2CCCC[C@H]2N1C(=O)c1cnc[nH]1. The fourth-order valence-corrected chi connectivity index (χ4v) is 3.57. The third kappa shape index (κ3) is 1.75. The molecule has 2 fully saturated rings. The van der Waals surface area contributed by atoms with Crippen LogP contribution in [0.5, 0.6) is 0 Å². The molecular formula is C13H19N3O. The fourth-order valence-electron chi connectivity index (χ4n) is 3.57. The van der Waals surface area contributed by atoms with Gasteiger partial charge in [-0.3, -0.25) is 4.79 Å². The molecule has 92 valence electrons. The molecular weight excluding hydrogens is 214 g/mol. The molecule has 1 N–H and O–H groups in total. The summed E-state index contributed by atoms with van der Waals surface area (Å²) >= 11 is 0. The van der Waals surface area contributed by atoms with E-state index in [4.69, 9.17) is 0 Å². The Morgan fingerprint density at radius 3 is 3.06 bits per heavy atom. The molecule has 1 amide bonds. The van der Waals surface area contributed by atoms with E-state index in [1.165, 1.54) is 32.1 Å². The van der Waals surface area contributed by atoms with Crippen LogP contribution < -0.4 is 0 Å². The van der Waals surface area contributed by atoms with Gasteiger partial charge in [-0.2, -0.15) is 0 Å². The minimum absolute atomic E-state index is 0.129. The molecule has 4 heteroatoms. The number of hydrogen-bond donors (Lipinski definition) is 1. The van der Waals surface area contributed by atoms with Crippen molar-refractivity contribution in [1.82, 2.24) is 14.9 Å². The molecule has 0 spiro atoms. The van der Waals surface area contributed by atoms with Crippen LogP contribution in [-0.4, -0.2) is 32.9 Å². The zero-order valence-electron chi connectivity index (χ0n) is 10.2. The topological polar surface area (TPSA) is 49.0 Å². The Kier molecular flexibility index (Phi) is 2.65. The zero-order chi connectivity index (χ0) is 11.8. The lowest BCUT2D eigenvalue weighted by atomic mass is 9.85. The molecule has 1 aromatic heterocycles. The molecule has 1 aromatic rings. The van der Waals surface area contributed by atoms with E-state index in [1.54, 1.807) is 12.5 Å². The van der Waals surface area contributed by atoms with Crippen LogP contribution in [0.25, 0.3) is 0 Å². The number of amides is 1. The van der Waals surface area contributed by atoms with Crippen molar-refractivity contribution in [3.8, 4) is 0 Å². The van der Waals surface area contributed by atoms with E-state index >= 15 is 0 Å². The van der Waals surface area contributed by atoms with Gasteiger partial charge in [-0.15, -0.1) is 0 Å². The number of rotatable bonds is 1. The number of likely N-dealkylation sites (tertiary alicyclic amines) is 1. The maximum Gasteiger partial charge on any atom is 0.272 e. The van der Waals surface area contributed by atoms with E-state index in [9.17, 15) is 4.79 Å². The van der Waals surface area contributed by atoms with Gasteiger partial charge in [-0.25, -0.2) is 4.98 Å². The Labute approximate surface area is 101 Å². The number of carbonyl (C=O) groups is 1. The number of fused-ring (bicyclic) bond motifs is 1. The number of nitrogens with zero attached hydrogens (tertiary/aromatic N) is 2. The Bertz CT molecular complexity index is 401. The highest BCUT2D eigenvalue weighted by Gasteiger charge is 2.42. The van der Waals surface area contributed by atoms with Crippen molar-refractivity contribution < 1.29 is 4.79 Å². The molecule has 0 bridgehead atoms. The fraction of sp³-hybridized carbons (Fsp3) is 0.692. The van der Waals surface area contributed by atoms with Gasteiger partial charge in [0.15, 0.2) is 0 Å². The minimum Gasteiger partial charge on any atom is -0.341 e. The first kappa shape index (κ1) is 10.8. The summed E-state index contributed by atoms with van der Waals surface area (Å²) < 4.78 is 0. The van der Waals surface area contributed by atoms with Crippen LogP contribution >= 0.6 is 0 Å². The average molecular weight is 233 g/mol. The smallest absolute Gasteiger partial charge is 0.272 e. The molecule has 0 radical (unpaired) electrons. The van der Waals surface area contributed by atoms with Crippen LogP contribution in [0.1, 0.15) is 49.5 Å². The van der Waals surface area contributed by atoms with Gasteiger partial charge in [0.25, 0.3) is 5.91 Å². The molecule has 3 rings (SSSR count). The number of aromatic amines is 1. The zero-order valence-corrected chi connectivity index (χ0v) is 10.2. The Morgan fingerprint density at radius 1 is 1.47 bits per heavy atom. The van der Waals surface area contributed by atoms with Crippen molar-refractivity contribution in [3.05, 3.63) is 18.2 Å². The summed E-state index contributed by atoms with van der Waals surface area (Å²) in [7, 11) is 0. The highest BCUT2D eigenvalue weighted by molar-refractivity contribution is 5.92. The van der Waals surface area contributed by atoms with Crippen LogP contribution in [0.3, 0.4) is 0 Å². The van der Waals surface area contributed by atoms with Crippen molar-refractivity contribution >= 4 is 5.91 Å². The standard InChI is InChI=1S/C13H19N3O/c1-9-6-10-4-2-3-5-12(10)16(9)13(17)11-7-14-8-15-11/h7-10,12H,2-6H2,1H3,(H,14,15)/t9-,10+,12-/m1/s1. The second-order valence-electron chi connectivity index (χ2n) is 5.37. The van der Waals surface area contributed by atoms with E-state index in [2.05, 4.69) is 21.8 Å². The van der Waals surface area contributed by atoms with Gasteiger partial charge in [0.1, 0.15) is 5.69 Å². The summed E-state index contributed by atoms with van der Waals surface area (Å²) in [6.45, 7) is 2.17. The summed E-state index contributed by atoms with van der Waals surface area (Å²) in [6, 6.07) is 0.841. The van der Waals surface area contributed by atoms with Crippen molar-refractivity contribution in [1.29, 1.82) is 0 Å². The summed E-state index contributed by atoms with van der Waals surface area (Å²) in [6.07, 6.45) is 9.44. The Hall–Kier alpha value is -1.32. The molecule has 0 unspecified atom stereocenters. The first-order valence-electron chi connectivity index (χ1n) is 6.58. The normalized spacial score (nSPS) is 32.5. The third-order valence-electron chi connectivity index (χ3n) is 4.31. The number of carbonyl (C=O) groups excluding carboxylic acids is 1. The van der Waals surface area contributed by atoms with E-state index in [0.717, 1.165) is 5.92 Å². The van der Waals surface area contributed by atoms with Gasteiger partial charge >= 0.3 is 0 Å². The maximum atomic E-state index is 12.4. The molecule has 1 aliphatic carbocycles. The number of hydrogen-bond acceptors (Lipinski definition) is 2. The van der Waals surface area contributed by atoms with Crippen molar-refractivity contribution in [2.24, 2.45) is 5.92 Å². The van der Waals surface area contributed by atoms with Gasteiger partial charge < -0.3 is 9.88 Å². The molecule has 4 nitrogen and oxygen atoms in total. The van der Waals surface area contributed by atoms with Crippen molar-refractivity contribution in [2.45, 2.75) is 51.1 Å². The molecule has 0 aromatic carbocycles. The van der Waals surface area contributed by atoms with Crippen molar-refractivity contribution in [3.63, 3.8) is 0 Å². The summed E-state index contributed by atoms with van der Waals surface area (Å²) in [5.74, 6) is 0.857. The summed E-state index contributed by atoms with van der Waals surface area (Å²) in [4.78, 5) is 21.4. The Morgan fingerprint density at radius 2 is 2.29 bits per heavy atom. The Balaban J connectivity index is 1.84. The number of nitrogens with one attached hydrogen (secondary N) is 1. The van der Waals surface area contributed by atoms with Gasteiger partial charge in [-0.1, -0.05) is 12.8 Å². The van der Waals surface area contributed by atoms with E-state index in [0.29, 0.717) is 17.8 Å². The second kappa shape index (κ2) is 4.17. The van der Waals surface area contributed by atoms with Gasteiger partial charge in [-0.05, 0) is 32.1 Å². The number of imidazole rings is 1. The van der Waals surface area contributed by atoms with Crippen LogP contribution in [-0.2, 0) is 0 Å². The third-order valence-corrected chi connectivity index (χ3v) is 4.31. The van der Waals surface area contributed by atoms with Crippen LogP contribution in [0.15, 0.2) is 12.5 Å². The quantitative estimate of drug-likeness (QED) is 0.808. The van der Waals surface area contributed by atoms with Crippen LogP contribution in [0.4, 0.5) is 0 Å². The molecule has 2 heterocycles. The lowest BCUT2D eigenvalue weighted by molar-refractivity contribution is 0.0628. The van der Waals surface area contributed by atoms with E-state index in [-0.39, 0.29) is 5.91 Å². The van der Waals surface area contributed by atoms with Crippen LogP contribution in [0.2, 0.25) is 0 Å². The lowest BCUT2D eigenvalue weighted by Crippen LogP contribution is -2.42. The first-order valence-corrected chi connectivity index (χ1v) is 6.58. The predicted molar refractivity (Wildman–Crippen MR) is 64.6 cm³/mol. The lowest BCUT2D eigenvalue weighted by Gasteiger charge is -2.32. The molecule has 1 saturated heterocycles. The monoisotopic (exact) mass is 233 g/mol. The number of H-pyrrole nitrogens is 1. The maximum absolute atomic E-state index is 12.4. The van der Waals surface area contributed by atoms with Crippen molar-refractivity contribution in [2.75, 3.05) is 0 Å². The summed E-state index contributed by atoms with van der Waals surface area (Å²) in [5.41, 5.74) is 0.628. The predicted octanol–water partition coefficient (Wildman–Crippen LogP) is 2.20. The van der Waals surface area contributed by atoms with Gasteiger partial charge in [0.2, 0.25) is 0 Å². The molecule has 17 heavy (non-hydrogen) atoms. The highest BCUT2D eigenvalue weighted by Crippen LogP contribution is 2.39. The highest BCUT2D eigenvalue weighted by atomic mass is 16.2. The van der Waals surface area contributed by atoms with E-state index < -0.39 is 0 Å². The molecule has 3 atom stereocenters. The van der Waals surface area contributed by atoms with Gasteiger partial charge in [0, 0.05) is 12.1 Å². The first-order chi connectivity index (χ1) is 8.27. The van der Waals surface area contributed by atoms with Gasteiger partial charge in [0.05, 0.1) is 12.5 Å².